The standard InChI is InChI=1S/C6H8N2O/c1-5-3-4-7-8(2)6(5)9/h3-4H,1-2H3. The Kier molecular flexibility index (Phi) is 1.34. The highest BCUT2D eigenvalue weighted by molar-refractivity contribution is 5.02. The SMILES string of the molecule is Cc1ccnn(C)c1=O. The average molecular weight is 124 g/mol. The molecule has 1 aromatic rings. The highest BCUT2D eigenvalue weighted by atomic mass is 16.1. The molecule has 0 aliphatic carbocycles. The Hall–Kier alpha value is -1.12. The van der Waals surface area contributed by atoms with Crippen LogP contribution >= 0.6 is 0 Å². The number of rotatable bonds is 0. The summed E-state index contributed by atoms with van der Waals surface area (Å²) in [5, 5.41) is 3.74. The third-order valence-corrected chi connectivity index (χ3v) is 1.20. The fourth-order valence-corrected chi connectivity index (χ4v) is 0.624. The van der Waals surface area contributed by atoms with Crippen molar-refractivity contribution in [2.45, 2.75) is 6.92 Å². The zero-order valence-electron chi connectivity index (χ0n) is 5.46. The van der Waals surface area contributed by atoms with Crippen molar-refractivity contribution in [3.8, 4) is 0 Å². The molecule has 1 rings (SSSR count). The molecule has 0 N–H and O–H groups in total. The Labute approximate surface area is 52.9 Å². The molecule has 0 aromatic carbocycles. The van der Waals surface area contributed by atoms with Gasteiger partial charge >= 0.3 is 0 Å². The molecule has 0 saturated heterocycles. The van der Waals surface area contributed by atoms with E-state index in [9.17, 15) is 4.79 Å². The molecule has 3 nitrogen and oxygen atoms in total. The fourth-order valence-electron chi connectivity index (χ4n) is 0.624. The van der Waals surface area contributed by atoms with Crippen molar-refractivity contribution in [1.82, 2.24) is 9.78 Å². The smallest absolute Gasteiger partial charge is 0.268 e. The highest BCUT2D eigenvalue weighted by Gasteiger charge is 1.91. The van der Waals surface area contributed by atoms with Crippen molar-refractivity contribution in [3.63, 3.8) is 0 Å². The Bertz CT molecular complexity index is 241. The molecule has 0 spiro atoms. The van der Waals surface area contributed by atoms with Crippen molar-refractivity contribution in [3.05, 3.63) is 28.2 Å². The lowest BCUT2D eigenvalue weighted by molar-refractivity contribution is 0.700. The predicted octanol–water partition coefficient (Wildman–Crippen LogP) is 0.0887. The summed E-state index contributed by atoms with van der Waals surface area (Å²) >= 11 is 0. The summed E-state index contributed by atoms with van der Waals surface area (Å²) in [5.41, 5.74) is 0.699. The third kappa shape index (κ3) is 0.988. The fraction of sp³-hybridized carbons (Fsp3) is 0.333. The molecule has 3 heteroatoms. The molecule has 1 heterocycles. The quantitative estimate of drug-likeness (QED) is 0.491. The second-order valence-electron chi connectivity index (χ2n) is 1.94. The molecule has 9 heavy (non-hydrogen) atoms. The predicted molar refractivity (Wildman–Crippen MR) is 34.2 cm³/mol. The first kappa shape index (κ1) is 6.01. The number of aromatic nitrogens is 2. The lowest BCUT2D eigenvalue weighted by Gasteiger charge is -1.93. The summed E-state index contributed by atoms with van der Waals surface area (Å²) in [6.07, 6.45) is 1.61. The topological polar surface area (TPSA) is 34.9 Å². The molecule has 0 radical (unpaired) electrons. The van der Waals surface area contributed by atoms with Crippen LogP contribution < -0.4 is 5.56 Å². The van der Waals surface area contributed by atoms with Crippen LogP contribution in [-0.2, 0) is 7.05 Å². The van der Waals surface area contributed by atoms with Gasteiger partial charge in [-0.1, -0.05) is 0 Å². The van der Waals surface area contributed by atoms with Gasteiger partial charge in [-0.2, -0.15) is 5.10 Å². The number of hydrogen-bond acceptors (Lipinski definition) is 2. The zero-order chi connectivity index (χ0) is 6.85. The molecule has 0 atom stereocenters. The van der Waals surface area contributed by atoms with Crippen LogP contribution in [0.1, 0.15) is 5.56 Å². The minimum absolute atomic E-state index is 0.0301. The van der Waals surface area contributed by atoms with Crippen LogP contribution in [0.15, 0.2) is 17.1 Å². The first-order chi connectivity index (χ1) is 4.22. The first-order valence-corrected chi connectivity index (χ1v) is 2.71. The summed E-state index contributed by atoms with van der Waals surface area (Å²) < 4.78 is 1.31. The van der Waals surface area contributed by atoms with E-state index in [0.29, 0.717) is 0 Å². The van der Waals surface area contributed by atoms with Crippen molar-refractivity contribution in [1.29, 1.82) is 0 Å². The van der Waals surface area contributed by atoms with Crippen LogP contribution in [0.5, 0.6) is 0 Å². The molecular formula is C6H8N2O. The first-order valence-electron chi connectivity index (χ1n) is 2.71. The molecule has 1 aromatic heterocycles. The molecule has 0 saturated carbocycles. The van der Waals surface area contributed by atoms with Crippen molar-refractivity contribution < 1.29 is 0 Å². The van der Waals surface area contributed by atoms with Gasteiger partial charge in [-0.3, -0.25) is 4.79 Å². The van der Waals surface area contributed by atoms with Crippen LogP contribution in [-0.4, -0.2) is 9.78 Å². The minimum atomic E-state index is -0.0301. The summed E-state index contributed by atoms with van der Waals surface area (Å²) in [6.45, 7) is 1.77. The maximum atomic E-state index is 10.9. The summed E-state index contributed by atoms with van der Waals surface area (Å²) in [5.74, 6) is 0. The molecule has 48 valence electrons. The number of hydrogen-bond donors (Lipinski definition) is 0. The summed E-state index contributed by atoms with van der Waals surface area (Å²) in [6, 6.07) is 1.70. The van der Waals surface area contributed by atoms with Gasteiger partial charge in [0.1, 0.15) is 0 Å². The lowest BCUT2D eigenvalue weighted by atomic mass is 10.3. The molecule has 0 bridgehead atoms. The van der Waals surface area contributed by atoms with Gasteiger partial charge in [0.25, 0.3) is 5.56 Å². The monoisotopic (exact) mass is 124 g/mol. The van der Waals surface area contributed by atoms with Gasteiger partial charge in [-0.15, -0.1) is 0 Å². The Morgan fingerprint density at radius 3 is 2.78 bits per heavy atom. The van der Waals surface area contributed by atoms with E-state index < -0.39 is 0 Å². The summed E-state index contributed by atoms with van der Waals surface area (Å²) in [4.78, 5) is 10.9. The lowest BCUT2D eigenvalue weighted by Crippen LogP contribution is -2.20. The van der Waals surface area contributed by atoms with Crippen LogP contribution in [0, 0.1) is 6.92 Å². The Morgan fingerprint density at radius 1 is 1.67 bits per heavy atom. The normalized spacial score (nSPS) is 9.56. The Morgan fingerprint density at radius 2 is 2.33 bits per heavy atom. The highest BCUT2D eigenvalue weighted by Crippen LogP contribution is 1.80. The van der Waals surface area contributed by atoms with E-state index in [2.05, 4.69) is 5.10 Å². The molecule has 0 unspecified atom stereocenters. The van der Waals surface area contributed by atoms with Crippen molar-refractivity contribution in [2.24, 2.45) is 7.05 Å². The van der Waals surface area contributed by atoms with Gasteiger partial charge in [0.05, 0.1) is 0 Å². The van der Waals surface area contributed by atoms with Crippen LogP contribution in [0.3, 0.4) is 0 Å². The summed E-state index contributed by atoms with van der Waals surface area (Å²) in [7, 11) is 1.63. The number of aryl methyl sites for hydroxylation is 2. The van der Waals surface area contributed by atoms with Crippen molar-refractivity contribution in [2.75, 3.05) is 0 Å². The second kappa shape index (κ2) is 2.01. The third-order valence-electron chi connectivity index (χ3n) is 1.20. The minimum Gasteiger partial charge on any atom is -0.268 e. The van der Waals surface area contributed by atoms with Gasteiger partial charge < -0.3 is 0 Å². The van der Waals surface area contributed by atoms with E-state index in [1.165, 1.54) is 4.68 Å². The van der Waals surface area contributed by atoms with E-state index in [-0.39, 0.29) is 5.56 Å². The van der Waals surface area contributed by atoms with E-state index in [1.807, 2.05) is 0 Å². The largest absolute Gasteiger partial charge is 0.269 e. The van der Waals surface area contributed by atoms with E-state index >= 15 is 0 Å². The maximum Gasteiger partial charge on any atom is 0.269 e. The molecule has 0 fully saturated rings. The van der Waals surface area contributed by atoms with Crippen molar-refractivity contribution >= 4 is 0 Å². The average Bonchev–Trinajstić information content (AvgIpc) is 1.83. The molecule has 0 aliphatic heterocycles. The van der Waals surface area contributed by atoms with Crippen LogP contribution in [0.25, 0.3) is 0 Å². The molecular weight excluding hydrogens is 116 g/mol. The maximum absolute atomic E-state index is 10.9. The van der Waals surface area contributed by atoms with Gasteiger partial charge in [0, 0.05) is 18.8 Å². The Balaban J connectivity index is 3.43. The molecule has 0 aliphatic rings. The number of nitrogens with zero attached hydrogens (tertiary/aromatic N) is 2. The van der Waals surface area contributed by atoms with E-state index in [0.717, 1.165) is 5.56 Å². The zero-order valence-corrected chi connectivity index (χ0v) is 5.46. The van der Waals surface area contributed by atoms with E-state index in [4.69, 9.17) is 0 Å². The van der Waals surface area contributed by atoms with Crippen LogP contribution in [0.4, 0.5) is 0 Å². The second-order valence-corrected chi connectivity index (χ2v) is 1.94. The van der Waals surface area contributed by atoms with E-state index in [1.54, 1.807) is 26.2 Å². The molecule has 0 amide bonds. The van der Waals surface area contributed by atoms with Crippen LogP contribution in [0.2, 0.25) is 0 Å². The van der Waals surface area contributed by atoms with Gasteiger partial charge in [0.15, 0.2) is 0 Å². The van der Waals surface area contributed by atoms with Gasteiger partial charge in [0.2, 0.25) is 0 Å². The van der Waals surface area contributed by atoms with Gasteiger partial charge in [-0.05, 0) is 13.0 Å². The van der Waals surface area contributed by atoms with Gasteiger partial charge in [-0.25, -0.2) is 4.68 Å².